The maximum atomic E-state index is 13.0. The Hall–Kier alpha value is -3.59. The minimum atomic E-state index is -1.06. The van der Waals surface area contributed by atoms with E-state index in [4.69, 9.17) is 14.2 Å². The Labute approximate surface area is 201 Å². The summed E-state index contributed by atoms with van der Waals surface area (Å²) in [5.74, 6) is 0.00377. The maximum Gasteiger partial charge on any atom is 0.333 e. The fraction of sp³-hybridized carbons (Fsp3) is 0.393. The molecule has 0 saturated heterocycles. The predicted molar refractivity (Wildman–Crippen MR) is 128 cm³/mol. The van der Waals surface area contributed by atoms with E-state index >= 15 is 0 Å². The number of hydrogen-bond donors (Lipinski definition) is 0. The van der Waals surface area contributed by atoms with Crippen molar-refractivity contribution in [1.82, 2.24) is 0 Å². The van der Waals surface area contributed by atoms with Gasteiger partial charge in [-0.1, -0.05) is 64.1 Å². The van der Waals surface area contributed by atoms with Gasteiger partial charge in [-0.15, -0.1) is 0 Å². The molecule has 6 nitrogen and oxygen atoms in total. The number of ether oxygens (including phenoxy) is 3. The summed E-state index contributed by atoms with van der Waals surface area (Å²) in [5, 5.41) is 9.69. The first-order valence-electron chi connectivity index (χ1n) is 11.4. The van der Waals surface area contributed by atoms with Crippen molar-refractivity contribution in [3.05, 3.63) is 71.8 Å². The molecule has 0 aliphatic heterocycles. The third-order valence-electron chi connectivity index (χ3n) is 5.95. The third kappa shape index (κ3) is 6.05. The van der Waals surface area contributed by atoms with Crippen molar-refractivity contribution < 1.29 is 23.8 Å². The van der Waals surface area contributed by atoms with Crippen molar-refractivity contribution in [2.24, 2.45) is 23.2 Å². The fourth-order valence-electron chi connectivity index (χ4n) is 3.86. The van der Waals surface area contributed by atoms with Crippen LogP contribution < -0.4 is 4.74 Å². The minimum absolute atomic E-state index is 0.168. The summed E-state index contributed by atoms with van der Waals surface area (Å²) < 4.78 is 16.7. The molecule has 1 aliphatic carbocycles. The molecule has 3 atom stereocenters. The van der Waals surface area contributed by atoms with Crippen LogP contribution in [0.5, 0.6) is 11.5 Å². The molecule has 34 heavy (non-hydrogen) atoms. The zero-order valence-corrected chi connectivity index (χ0v) is 20.3. The highest BCUT2D eigenvalue weighted by Gasteiger charge is 2.62. The fourth-order valence-corrected chi connectivity index (χ4v) is 3.86. The Morgan fingerprint density at radius 3 is 2.41 bits per heavy atom. The van der Waals surface area contributed by atoms with Gasteiger partial charge in [0.2, 0.25) is 6.10 Å². The predicted octanol–water partition coefficient (Wildman–Crippen LogP) is 6.00. The number of nitrogens with zero attached hydrogens (tertiary/aromatic N) is 1. The number of carbonyl (C=O) groups excluding carboxylic acids is 2. The highest BCUT2D eigenvalue weighted by Crippen LogP contribution is 2.60. The number of benzene rings is 2. The van der Waals surface area contributed by atoms with Crippen LogP contribution >= 0.6 is 0 Å². The first-order valence-corrected chi connectivity index (χ1v) is 11.4. The molecular formula is C28H31NO5. The average molecular weight is 462 g/mol. The van der Waals surface area contributed by atoms with E-state index < -0.39 is 18.0 Å². The minimum Gasteiger partial charge on any atom is -0.462 e. The Morgan fingerprint density at radius 2 is 1.76 bits per heavy atom. The van der Waals surface area contributed by atoms with Crippen LogP contribution in [0.25, 0.3) is 0 Å². The molecule has 1 fully saturated rings. The van der Waals surface area contributed by atoms with Gasteiger partial charge in [0.25, 0.3) is 0 Å². The van der Waals surface area contributed by atoms with Gasteiger partial charge in [0.15, 0.2) is 0 Å². The van der Waals surface area contributed by atoms with Gasteiger partial charge in [0.1, 0.15) is 17.6 Å². The van der Waals surface area contributed by atoms with Crippen molar-refractivity contribution >= 4 is 11.9 Å². The molecular weight excluding hydrogens is 430 g/mol. The summed E-state index contributed by atoms with van der Waals surface area (Å²) in [7, 11) is 0. The molecule has 1 aliphatic rings. The molecule has 0 radical (unpaired) electrons. The van der Waals surface area contributed by atoms with E-state index in [0.29, 0.717) is 29.2 Å². The van der Waals surface area contributed by atoms with Crippen LogP contribution in [0.4, 0.5) is 0 Å². The Bertz CT molecular complexity index is 1100. The van der Waals surface area contributed by atoms with Gasteiger partial charge < -0.3 is 14.2 Å². The van der Waals surface area contributed by atoms with Gasteiger partial charge in [-0.05, 0) is 48.4 Å². The molecule has 0 heterocycles. The topological polar surface area (TPSA) is 85.6 Å². The Morgan fingerprint density at radius 1 is 1.09 bits per heavy atom. The number of allylic oxidation sites excluding steroid dienone is 1. The van der Waals surface area contributed by atoms with E-state index in [0.717, 1.165) is 0 Å². The largest absolute Gasteiger partial charge is 0.462 e. The maximum absolute atomic E-state index is 13.0. The summed E-state index contributed by atoms with van der Waals surface area (Å²) in [6.45, 7) is 9.87. The molecule has 0 bridgehead atoms. The molecule has 0 spiro atoms. The van der Waals surface area contributed by atoms with Crippen molar-refractivity contribution in [3.8, 4) is 17.6 Å². The molecule has 1 saturated carbocycles. The van der Waals surface area contributed by atoms with E-state index in [-0.39, 0.29) is 23.2 Å². The molecule has 3 rings (SSSR count). The van der Waals surface area contributed by atoms with E-state index in [9.17, 15) is 14.9 Å². The highest BCUT2D eigenvalue weighted by atomic mass is 16.5. The van der Waals surface area contributed by atoms with E-state index in [1.165, 1.54) is 0 Å². The SMILES string of the molecule is C/C(=C\C1C(C(=O)OC(C#N)c2cccc(Oc3ccccc3)c2)C1(C)C)C(=O)OCC(C)C. The number of carbonyl (C=O) groups is 2. The number of hydrogen-bond acceptors (Lipinski definition) is 6. The first kappa shape index (κ1) is 25.0. The highest BCUT2D eigenvalue weighted by molar-refractivity contribution is 5.88. The summed E-state index contributed by atoms with van der Waals surface area (Å²) in [5.41, 5.74) is 0.620. The lowest BCUT2D eigenvalue weighted by Crippen LogP contribution is -2.14. The van der Waals surface area contributed by atoms with Gasteiger partial charge in [0, 0.05) is 11.1 Å². The van der Waals surface area contributed by atoms with Gasteiger partial charge in [-0.25, -0.2) is 4.79 Å². The second-order valence-electron chi connectivity index (χ2n) is 9.60. The van der Waals surface area contributed by atoms with Crippen LogP contribution in [0.3, 0.4) is 0 Å². The van der Waals surface area contributed by atoms with Crippen molar-refractivity contribution in [3.63, 3.8) is 0 Å². The molecule has 178 valence electrons. The standard InChI is InChI=1S/C28H31NO5/c1-18(2)17-32-26(30)19(3)14-23-25(28(23,4)5)27(31)34-24(16-29)20-10-9-13-22(15-20)33-21-11-7-6-8-12-21/h6-15,18,23-25H,17H2,1-5H3/b19-14+. The third-order valence-corrected chi connectivity index (χ3v) is 5.95. The van der Waals surface area contributed by atoms with Crippen LogP contribution in [0.15, 0.2) is 66.2 Å². The van der Waals surface area contributed by atoms with Crippen LogP contribution in [0, 0.1) is 34.5 Å². The van der Waals surface area contributed by atoms with Gasteiger partial charge >= 0.3 is 11.9 Å². The second-order valence-corrected chi connectivity index (χ2v) is 9.60. The summed E-state index contributed by atoms with van der Waals surface area (Å²) in [4.78, 5) is 25.2. The monoisotopic (exact) mass is 461 g/mol. The second kappa shape index (κ2) is 10.6. The smallest absolute Gasteiger partial charge is 0.333 e. The normalized spacial score (nSPS) is 19.6. The lowest BCUT2D eigenvalue weighted by atomic mass is 10.1. The first-order chi connectivity index (χ1) is 16.1. The van der Waals surface area contributed by atoms with E-state index in [2.05, 4.69) is 6.07 Å². The Kier molecular flexibility index (Phi) is 7.78. The molecule has 2 aromatic rings. The van der Waals surface area contributed by atoms with Gasteiger partial charge in [-0.3, -0.25) is 4.79 Å². The van der Waals surface area contributed by atoms with E-state index in [1.807, 2.05) is 58.0 Å². The van der Waals surface area contributed by atoms with Crippen molar-refractivity contribution in [1.29, 1.82) is 5.26 Å². The van der Waals surface area contributed by atoms with Crippen molar-refractivity contribution in [2.45, 2.75) is 40.7 Å². The number of nitriles is 1. The lowest BCUT2D eigenvalue weighted by molar-refractivity contribution is -0.149. The van der Waals surface area contributed by atoms with Crippen molar-refractivity contribution in [2.75, 3.05) is 6.61 Å². The molecule has 0 N–H and O–H groups in total. The summed E-state index contributed by atoms with van der Waals surface area (Å²) in [6.07, 6.45) is 0.717. The average Bonchev–Trinajstić information content (AvgIpc) is 3.35. The van der Waals surface area contributed by atoms with Crippen LogP contribution in [-0.2, 0) is 19.1 Å². The molecule has 3 unspecified atom stereocenters. The lowest BCUT2D eigenvalue weighted by Gasteiger charge is -2.13. The summed E-state index contributed by atoms with van der Waals surface area (Å²) >= 11 is 0. The van der Waals surface area contributed by atoms with Crippen LogP contribution in [0.2, 0.25) is 0 Å². The Balaban J connectivity index is 1.67. The number of rotatable bonds is 9. The zero-order valence-electron chi connectivity index (χ0n) is 20.3. The molecule has 0 aromatic heterocycles. The number of esters is 2. The molecule has 6 heteroatoms. The quantitative estimate of drug-likeness (QED) is 0.336. The van der Waals surface area contributed by atoms with Gasteiger partial charge in [0.05, 0.1) is 12.5 Å². The zero-order chi connectivity index (χ0) is 24.9. The van der Waals surface area contributed by atoms with Gasteiger partial charge in [-0.2, -0.15) is 5.26 Å². The molecule has 2 aromatic carbocycles. The number of para-hydroxylation sites is 1. The summed E-state index contributed by atoms with van der Waals surface area (Å²) in [6, 6.07) is 18.3. The molecule has 0 amide bonds. The van der Waals surface area contributed by atoms with E-state index in [1.54, 1.807) is 37.3 Å². The van der Waals surface area contributed by atoms with Crippen LogP contribution in [0.1, 0.15) is 46.3 Å². The van der Waals surface area contributed by atoms with Crippen LogP contribution in [-0.4, -0.2) is 18.5 Å².